The summed E-state index contributed by atoms with van der Waals surface area (Å²) in [6.07, 6.45) is 10.2. The Balaban J connectivity index is 2.06. The summed E-state index contributed by atoms with van der Waals surface area (Å²) in [5.41, 5.74) is 0. The maximum Gasteiger partial charge on any atom is 0.0906 e. The third-order valence-corrected chi connectivity index (χ3v) is 2.85. The summed E-state index contributed by atoms with van der Waals surface area (Å²) in [5, 5.41) is 3.45. The minimum Gasteiger partial charge on any atom is -0.314 e. The van der Waals surface area contributed by atoms with Gasteiger partial charge in [0.15, 0.2) is 0 Å². The number of nitrogens with one attached hydrogen (secondary N) is 1. The van der Waals surface area contributed by atoms with E-state index in [0.717, 1.165) is 6.54 Å². The average molecular weight is 187 g/mol. The largest absolute Gasteiger partial charge is 0.314 e. The fraction of sp³-hybridized carbons (Fsp3) is 1.00. The van der Waals surface area contributed by atoms with Crippen molar-refractivity contribution in [2.24, 2.45) is 0 Å². The van der Waals surface area contributed by atoms with Crippen molar-refractivity contribution in [3.05, 3.63) is 0 Å². The molecule has 1 nitrogen and oxygen atoms in total. The molecule has 0 aromatic heterocycles. The molecule has 0 spiro atoms. The van der Waals surface area contributed by atoms with Crippen molar-refractivity contribution in [1.82, 2.24) is 5.32 Å². The van der Waals surface area contributed by atoms with Crippen molar-refractivity contribution >= 4 is 0 Å². The highest BCUT2D eigenvalue weighted by molar-refractivity contribution is 4.69. The van der Waals surface area contributed by atoms with Crippen molar-refractivity contribution in [1.29, 1.82) is 0 Å². The Morgan fingerprint density at radius 3 is 2.23 bits per heavy atom. The lowest BCUT2D eigenvalue weighted by atomic mass is 9.97. The lowest BCUT2D eigenvalue weighted by molar-refractivity contribution is 0.375. The van der Waals surface area contributed by atoms with Gasteiger partial charge in [0, 0.05) is 6.04 Å². The normalized spacial score (nSPS) is 21.0. The molecule has 0 radical (unpaired) electrons. The Hall–Kier alpha value is -0.110. The third kappa shape index (κ3) is 5.25. The summed E-state index contributed by atoms with van der Waals surface area (Å²) in [6.45, 7) is 0.681. The zero-order valence-electron chi connectivity index (χ0n) is 8.53. The van der Waals surface area contributed by atoms with E-state index >= 15 is 0 Å². The van der Waals surface area contributed by atoms with E-state index in [9.17, 15) is 4.39 Å². The first kappa shape index (κ1) is 11.0. The first-order valence-electron chi connectivity index (χ1n) is 5.73. The van der Waals surface area contributed by atoms with Crippen LogP contribution >= 0.6 is 0 Å². The predicted octanol–water partition coefficient (Wildman–Crippen LogP) is 3.05. The molecule has 78 valence electrons. The second-order valence-corrected chi connectivity index (χ2v) is 4.04. The van der Waals surface area contributed by atoms with E-state index < -0.39 is 0 Å². The van der Waals surface area contributed by atoms with Crippen molar-refractivity contribution < 1.29 is 4.39 Å². The highest BCUT2D eigenvalue weighted by Crippen LogP contribution is 2.16. The molecule has 0 atom stereocenters. The fourth-order valence-corrected chi connectivity index (χ4v) is 2.03. The molecule has 1 saturated carbocycles. The molecular formula is C11H22FN. The lowest BCUT2D eigenvalue weighted by Gasteiger charge is -2.20. The number of alkyl halides is 1. The summed E-state index contributed by atoms with van der Waals surface area (Å²) >= 11 is 0. The number of halogens is 1. The summed E-state index contributed by atoms with van der Waals surface area (Å²) in [4.78, 5) is 0. The fourth-order valence-electron chi connectivity index (χ4n) is 2.03. The van der Waals surface area contributed by atoms with Crippen LogP contribution in [0.2, 0.25) is 0 Å². The van der Waals surface area contributed by atoms with E-state index in [1.807, 2.05) is 0 Å². The first-order valence-corrected chi connectivity index (χ1v) is 5.73. The van der Waals surface area contributed by atoms with Gasteiger partial charge in [-0.1, -0.05) is 32.1 Å². The minimum atomic E-state index is -0.181. The molecule has 13 heavy (non-hydrogen) atoms. The monoisotopic (exact) mass is 187 g/mol. The van der Waals surface area contributed by atoms with Gasteiger partial charge in [-0.2, -0.15) is 0 Å². The van der Waals surface area contributed by atoms with Crippen LogP contribution in [0.3, 0.4) is 0 Å². The van der Waals surface area contributed by atoms with E-state index in [4.69, 9.17) is 0 Å². The quantitative estimate of drug-likeness (QED) is 0.667. The van der Waals surface area contributed by atoms with Gasteiger partial charge in [0.1, 0.15) is 0 Å². The molecule has 1 aliphatic carbocycles. The minimum absolute atomic E-state index is 0.181. The molecular weight excluding hydrogens is 165 g/mol. The Labute approximate surface area is 81.1 Å². The van der Waals surface area contributed by atoms with Crippen LogP contribution in [0, 0.1) is 0 Å². The summed E-state index contributed by atoms with van der Waals surface area (Å²) in [7, 11) is 0. The van der Waals surface area contributed by atoms with E-state index in [0.29, 0.717) is 12.5 Å². The number of hydrogen-bond donors (Lipinski definition) is 1. The van der Waals surface area contributed by atoms with Gasteiger partial charge in [0.2, 0.25) is 0 Å². The summed E-state index contributed by atoms with van der Waals surface area (Å²) < 4.78 is 11.9. The average Bonchev–Trinajstić information content (AvgIpc) is 2.08. The van der Waals surface area contributed by atoms with Crippen molar-refractivity contribution in [2.75, 3.05) is 13.2 Å². The van der Waals surface area contributed by atoms with E-state index in [1.54, 1.807) is 0 Å². The smallest absolute Gasteiger partial charge is 0.0906 e. The molecule has 1 fully saturated rings. The molecule has 0 aromatic carbocycles. The second kappa shape index (κ2) is 7.31. The molecule has 0 aromatic rings. The highest BCUT2D eigenvalue weighted by Gasteiger charge is 2.09. The Morgan fingerprint density at radius 2 is 1.62 bits per heavy atom. The predicted molar refractivity (Wildman–Crippen MR) is 54.7 cm³/mol. The lowest BCUT2D eigenvalue weighted by Crippen LogP contribution is -2.30. The summed E-state index contributed by atoms with van der Waals surface area (Å²) in [5.74, 6) is 0. The van der Waals surface area contributed by atoms with Crippen LogP contribution in [0.4, 0.5) is 4.39 Å². The highest BCUT2D eigenvalue weighted by atomic mass is 19.1. The summed E-state index contributed by atoms with van der Waals surface area (Å²) in [6, 6.07) is 0.673. The Morgan fingerprint density at radius 1 is 1.00 bits per heavy atom. The van der Waals surface area contributed by atoms with Gasteiger partial charge < -0.3 is 5.32 Å². The molecule has 0 saturated heterocycles. The zero-order valence-corrected chi connectivity index (χ0v) is 8.53. The topological polar surface area (TPSA) is 12.0 Å². The van der Waals surface area contributed by atoms with Gasteiger partial charge in [-0.15, -0.1) is 0 Å². The number of rotatable bonds is 4. The second-order valence-electron chi connectivity index (χ2n) is 4.04. The Bertz CT molecular complexity index is 109. The van der Waals surface area contributed by atoms with Crippen molar-refractivity contribution in [3.8, 4) is 0 Å². The Kier molecular flexibility index (Phi) is 6.17. The van der Waals surface area contributed by atoms with Gasteiger partial charge >= 0.3 is 0 Å². The maximum absolute atomic E-state index is 11.9. The van der Waals surface area contributed by atoms with E-state index in [1.165, 1.54) is 44.9 Å². The third-order valence-electron chi connectivity index (χ3n) is 2.85. The van der Waals surface area contributed by atoms with Gasteiger partial charge in [-0.05, 0) is 25.8 Å². The molecule has 0 unspecified atom stereocenters. The van der Waals surface area contributed by atoms with Crippen LogP contribution in [0.25, 0.3) is 0 Å². The van der Waals surface area contributed by atoms with Crippen LogP contribution in [-0.4, -0.2) is 19.3 Å². The molecule has 0 aliphatic heterocycles. The van der Waals surface area contributed by atoms with Crippen molar-refractivity contribution in [3.63, 3.8) is 0 Å². The number of hydrogen-bond acceptors (Lipinski definition) is 1. The molecule has 2 heteroatoms. The maximum atomic E-state index is 11.9. The molecule has 0 bridgehead atoms. The van der Waals surface area contributed by atoms with Crippen LogP contribution in [0.5, 0.6) is 0 Å². The van der Waals surface area contributed by atoms with Gasteiger partial charge in [0.25, 0.3) is 0 Å². The van der Waals surface area contributed by atoms with Crippen LogP contribution in [0.15, 0.2) is 0 Å². The van der Waals surface area contributed by atoms with Crippen LogP contribution in [0.1, 0.15) is 51.4 Å². The van der Waals surface area contributed by atoms with Crippen molar-refractivity contribution in [2.45, 2.75) is 57.4 Å². The zero-order chi connectivity index (χ0) is 9.36. The van der Waals surface area contributed by atoms with Gasteiger partial charge in [-0.3, -0.25) is 4.39 Å². The van der Waals surface area contributed by atoms with Gasteiger partial charge in [-0.25, -0.2) is 0 Å². The molecule has 1 N–H and O–H groups in total. The van der Waals surface area contributed by atoms with Gasteiger partial charge in [0.05, 0.1) is 6.67 Å². The van der Waals surface area contributed by atoms with Crippen LogP contribution < -0.4 is 5.32 Å². The molecule has 0 heterocycles. The molecule has 0 amide bonds. The molecule has 1 rings (SSSR count). The first-order chi connectivity index (χ1) is 6.43. The van der Waals surface area contributed by atoms with E-state index in [2.05, 4.69) is 5.32 Å². The standard InChI is InChI=1S/C11H22FN/c12-9-6-10-13-11-7-4-2-1-3-5-8-11/h11,13H,1-10H2. The molecule has 1 aliphatic rings. The van der Waals surface area contributed by atoms with E-state index in [-0.39, 0.29) is 6.67 Å². The SMILES string of the molecule is FCCCNC1CCCCCCC1. The van der Waals surface area contributed by atoms with Crippen LogP contribution in [-0.2, 0) is 0 Å².